The van der Waals surface area contributed by atoms with E-state index in [1.54, 1.807) is 19.1 Å². The second-order valence-electron chi connectivity index (χ2n) is 4.41. The van der Waals surface area contributed by atoms with Crippen molar-refractivity contribution in [3.05, 3.63) is 28.8 Å². The van der Waals surface area contributed by atoms with Crippen molar-refractivity contribution in [2.75, 3.05) is 19.8 Å². The van der Waals surface area contributed by atoms with E-state index in [1.165, 1.54) is 0 Å². The molecule has 0 amide bonds. The number of rotatable bonds is 4. The number of hydrogen-bond acceptors (Lipinski definition) is 3. The Morgan fingerprint density at radius 2 is 2.41 bits per heavy atom. The molecule has 0 radical (unpaired) electrons. The van der Waals surface area contributed by atoms with E-state index in [9.17, 15) is 5.11 Å². The molecule has 0 aromatic heterocycles. The Labute approximate surface area is 106 Å². The van der Waals surface area contributed by atoms with Crippen molar-refractivity contribution in [3.63, 3.8) is 0 Å². The minimum absolute atomic E-state index is 0.461. The van der Waals surface area contributed by atoms with Gasteiger partial charge in [0.15, 0.2) is 0 Å². The summed E-state index contributed by atoms with van der Waals surface area (Å²) in [6, 6.07) is 5.38. The van der Waals surface area contributed by atoms with Gasteiger partial charge in [0.1, 0.15) is 5.75 Å². The molecule has 1 aliphatic rings. The molecule has 1 N–H and O–H groups in total. The van der Waals surface area contributed by atoms with E-state index < -0.39 is 6.10 Å². The topological polar surface area (TPSA) is 38.7 Å². The maximum atomic E-state index is 9.43. The SMILES string of the molecule is C[C@@H](O)c1ccc(OCC2CCOC2)c(Cl)c1. The van der Waals surface area contributed by atoms with Crippen molar-refractivity contribution in [2.24, 2.45) is 5.92 Å². The van der Waals surface area contributed by atoms with E-state index in [2.05, 4.69) is 0 Å². The third-order valence-electron chi connectivity index (χ3n) is 2.94. The highest BCUT2D eigenvalue weighted by Crippen LogP contribution is 2.28. The molecule has 2 atom stereocenters. The van der Waals surface area contributed by atoms with E-state index in [4.69, 9.17) is 21.1 Å². The van der Waals surface area contributed by atoms with Gasteiger partial charge in [0.25, 0.3) is 0 Å². The Kier molecular flexibility index (Phi) is 4.26. The second-order valence-corrected chi connectivity index (χ2v) is 4.81. The van der Waals surface area contributed by atoms with Gasteiger partial charge in [0.2, 0.25) is 0 Å². The minimum atomic E-state index is -0.509. The van der Waals surface area contributed by atoms with E-state index in [-0.39, 0.29) is 0 Å². The smallest absolute Gasteiger partial charge is 0.137 e. The molecule has 0 bridgehead atoms. The number of aliphatic hydroxyl groups excluding tert-OH is 1. The van der Waals surface area contributed by atoms with Crippen LogP contribution < -0.4 is 4.74 Å². The molecule has 0 saturated carbocycles. The van der Waals surface area contributed by atoms with Crippen molar-refractivity contribution in [1.29, 1.82) is 0 Å². The Balaban J connectivity index is 1.96. The number of benzene rings is 1. The lowest BCUT2D eigenvalue weighted by molar-refractivity contribution is 0.167. The van der Waals surface area contributed by atoms with Crippen LogP contribution in [0, 0.1) is 5.92 Å². The summed E-state index contributed by atoms with van der Waals surface area (Å²) in [5.74, 6) is 1.13. The Hall–Kier alpha value is -0.770. The van der Waals surface area contributed by atoms with Crippen LogP contribution in [-0.4, -0.2) is 24.9 Å². The summed E-state index contributed by atoms with van der Waals surface area (Å²) in [6.45, 7) is 3.93. The second kappa shape index (κ2) is 5.71. The first-order valence-corrected chi connectivity index (χ1v) is 6.22. The van der Waals surface area contributed by atoms with Crippen molar-refractivity contribution in [1.82, 2.24) is 0 Å². The first-order chi connectivity index (χ1) is 8.16. The third kappa shape index (κ3) is 3.35. The predicted octanol–water partition coefficient (Wildman–Crippen LogP) is 2.81. The quantitative estimate of drug-likeness (QED) is 0.900. The summed E-state index contributed by atoms with van der Waals surface area (Å²) in [6.07, 6.45) is 0.536. The summed E-state index contributed by atoms with van der Waals surface area (Å²) < 4.78 is 10.9. The van der Waals surface area contributed by atoms with Crippen LogP contribution in [0.5, 0.6) is 5.75 Å². The van der Waals surface area contributed by atoms with Gasteiger partial charge < -0.3 is 14.6 Å². The van der Waals surface area contributed by atoms with Crippen LogP contribution in [0.25, 0.3) is 0 Å². The number of ether oxygens (including phenoxy) is 2. The van der Waals surface area contributed by atoms with E-state index in [0.29, 0.717) is 23.3 Å². The van der Waals surface area contributed by atoms with Gasteiger partial charge in [-0.05, 0) is 31.0 Å². The van der Waals surface area contributed by atoms with Crippen molar-refractivity contribution >= 4 is 11.6 Å². The lowest BCUT2D eigenvalue weighted by atomic mass is 10.1. The number of hydrogen-bond donors (Lipinski definition) is 1. The highest BCUT2D eigenvalue weighted by molar-refractivity contribution is 6.32. The molecule has 3 nitrogen and oxygen atoms in total. The van der Waals surface area contributed by atoms with Gasteiger partial charge in [-0.3, -0.25) is 0 Å². The first-order valence-electron chi connectivity index (χ1n) is 5.85. The molecule has 94 valence electrons. The molecule has 4 heteroatoms. The van der Waals surface area contributed by atoms with E-state index in [1.807, 2.05) is 6.07 Å². The molecule has 0 aliphatic carbocycles. The van der Waals surface area contributed by atoms with Gasteiger partial charge in [-0.15, -0.1) is 0 Å². The fourth-order valence-corrected chi connectivity index (χ4v) is 2.06. The highest BCUT2D eigenvalue weighted by Gasteiger charge is 2.17. The van der Waals surface area contributed by atoms with Crippen molar-refractivity contribution in [3.8, 4) is 5.75 Å². The molecule has 1 unspecified atom stereocenters. The minimum Gasteiger partial charge on any atom is -0.492 e. The van der Waals surface area contributed by atoms with Crippen molar-refractivity contribution < 1.29 is 14.6 Å². The molecule has 1 aromatic carbocycles. The normalized spacial score (nSPS) is 21.5. The molecule has 1 aliphatic heterocycles. The van der Waals surface area contributed by atoms with Crippen molar-refractivity contribution in [2.45, 2.75) is 19.4 Å². The molecule has 1 saturated heterocycles. The summed E-state index contributed by atoms with van der Waals surface area (Å²) in [4.78, 5) is 0. The largest absolute Gasteiger partial charge is 0.492 e. The Bertz CT molecular complexity index is 373. The molecule has 1 aromatic rings. The maximum absolute atomic E-state index is 9.43. The van der Waals surface area contributed by atoms with Gasteiger partial charge in [-0.25, -0.2) is 0 Å². The molecular formula is C13H17ClO3. The molecule has 1 heterocycles. The first kappa shape index (κ1) is 12.7. The van der Waals surface area contributed by atoms with Crippen LogP contribution in [0.1, 0.15) is 25.0 Å². The molecule has 2 rings (SSSR count). The summed E-state index contributed by atoms with van der Waals surface area (Å²) in [7, 11) is 0. The average Bonchev–Trinajstić information content (AvgIpc) is 2.80. The van der Waals surface area contributed by atoms with Crippen LogP contribution in [-0.2, 0) is 4.74 Å². The molecule has 1 fully saturated rings. The standard InChI is InChI=1S/C13H17ClO3/c1-9(15)11-2-3-13(12(14)6-11)17-8-10-4-5-16-7-10/h2-3,6,9-10,15H,4-5,7-8H2,1H3/t9-,10?/m1/s1. The lowest BCUT2D eigenvalue weighted by Crippen LogP contribution is -2.11. The van der Waals surface area contributed by atoms with Gasteiger partial charge in [-0.1, -0.05) is 17.7 Å². The summed E-state index contributed by atoms with van der Waals surface area (Å²) in [5, 5.41) is 9.97. The zero-order chi connectivity index (χ0) is 12.3. The average molecular weight is 257 g/mol. The highest BCUT2D eigenvalue weighted by atomic mass is 35.5. The fraction of sp³-hybridized carbons (Fsp3) is 0.538. The Morgan fingerprint density at radius 3 is 3.00 bits per heavy atom. The molecule has 17 heavy (non-hydrogen) atoms. The third-order valence-corrected chi connectivity index (χ3v) is 3.23. The van der Waals surface area contributed by atoms with Gasteiger partial charge in [0, 0.05) is 12.5 Å². The van der Waals surface area contributed by atoms with Crippen LogP contribution in [0.4, 0.5) is 0 Å². The monoisotopic (exact) mass is 256 g/mol. The zero-order valence-electron chi connectivity index (χ0n) is 9.86. The predicted molar refractivity (Wildman–Crippen MR) is 66.5 cm³/mol. The van der Waals surface area contributed by atoms with E-state index in [0.717, 1.165) is 25.2 Å². The summed E-state index contributed by atoms with van der Waals surface area (Å²) >= 11 is 6.09. The Morgan fingerprint density at radius 1 is 1.59 bits per heavy atom. The molecular weight excluding hydrogens is 240 g/mol. The number of halogens is 1. The zero-order valence-corrected chi connectivity index (χ0v) is 10.6. The van der Waals surface area contributed by atoms with Crippen LogP contribution in [0.2, 0.25) is 5.02 Å². The van der Waals surface area contributed by atoms with Crippen LogP contribution >= 0.6 is 11.6 Å². The molecule has 0 spiro atoms. The summed E-state index contributed by atoms with van der Waals surface area (Å²) in [5.41, 5.74) is 0.798. The van der Waals surface area contributed by atoms with Crippen LogP contribution in [0.3, 0.4) is 0 Å². The maximum Gasteiger partial charge on any atom is 0.137 e. The van der Waals surface area contributed by atoms with Gasteiger partial charge >= 0.3 is 0 Å². The van der Waals surface area contributed by atoms with E-state index >= 15 is 0 Å². The van der Waals surface area contributed by atoms with Gasteiger partial charge in [-0.2, -0.15) is 0 Å². The lowest BCUT2D eigenvalue weighted by Gasteiger charge is -2.13. The number of aliphatic hydroxyl groups is 1. The van der Waals surface area contributed by atoms with Crippen LogP contribution in [0.15, 0.2) is 18.2 Å². The van der Waals surface area contributed by atoms with Gasteiger partial charge in [0.05, 0.1) is 24.3 Å². The fourth-order valence-electron chi connectivity index (χ4n) is 1.82.